The van der Waals surface area contributed by atoms with Crippen molar-refractivity contribution in [2.45, 2.75) is 43.9 Å². The minimum atomic E-state index is -3.50. The molecule has 1 aliphatic heterocycles. The Balaban J connectivity index is 1.83. The first-order valence-corrected chi connectivity index (χ1v) is 11.1. The van der Waals surface area contributed by atoms with Gasteiger partial charge in [-0.2, -0.15) is 21.2 Å². The molecule has 1 aromatic carbocycles. The lowest BCUT2D eigenvalue weighted by molar-refractivity contribution is 0.427. The molecule has 1 fully saturated rings. The van der Waals surface area contributed by atoms with E-state index in [9.17, 15) is 8.42 Å². The van der Waals surface area contributed by atoms with Crippen molar-refractivity contribution in [2.24, 2.45) is 0 Å². The largest absolute Gasteiger partial charge is 0.268 e. The molecule has 1 aromatic heterocycles. The molecule has 0 bridgehead atoms. The molecule has 25 heavy (non-hydrogen) atoms. The van der Waals surface area contributed by atoms with Crippen LogP contribution in [0.4, 0.5) is 0 Å². The summed E-state index contributed by atoms with van der Waals surface area (Å²) in [6, 6.07) is 10.4. The second kappa shape index (κ2) is 7.51. The predicted octanol–water partition coefficient (Wildman–Crippen LogP) is 3.39. The molecule has 0 spiro atoms. The number of rotatable bonds is 4. The van der Waals surface area contributed by atoms with Gasteiger partial charge < -0.3 is 0 Å². The summed E-state index contributed by atoms with van der Waals surface area (Å²) in [5, 5.41) is 4.73. The van der Waals surface area contributed by atoms with Crippen molar-refractivity contribution in [1.29, 1.82) is 0 Å². The van der Waals surface area contributed by atoms with Crippen molar-refractivity contribution in [3.8, 4) is 0 Å². The van der Waals surface area contributed by atoms with Gasteiger partial charge in [0.25, 0.3) is 0 Å². The molecule has 1 aliphatic rings. The Morgan fingerprint density at radius 2 is 1.92 bits per heavy atom. The average Bonchev–Trinajstić information content (AvgIpc) is 2.78. The molecule has 0 radical (unpaired) electrons. The van der Waals surface area contributed by atoms with Crippen LogP contribution in [0, 0.1) is 13.8 Å². The number of sulfonamides is 1. The quantitative estimate of drug-likeness (QED) is 0.817. The Morgan fingerprint density at radius 3 is 2.56 bits per heavy atom. The Kier molecular flexibility index (Phi) is 5.55. The molecule has 136 valence electrons. The fourth-order valence-corrected chi connectivity index (χ4v) is 6.59. The molecule has 1 saturated heterocycles. The van der Waals surface area contributed by atoms with Crippen LogP contribution in [0.1, 0.15) is 35.5 Å². The molecule has 1 unspecified atom stereocenters. The predicted molar refractivity (Wildman–Crippen MR) is 102 cm³/mol. The van der Waals surface area contributed by atoms with Crippen molar-refractivity contribution in [2.75, 3.05) is 18.8 Å². The maximum atomic E-state index is 13.2. The summed E-state index contributed by atoms with van der Waals surface area (Å²) in [7, 11) is -3.50. The van der Waals surface area contributed by atoms with Crippen LogP contribution >= 0.6 is 11.8 Å². The van der Waals surface area contributed by atoms with Gasteiger partial charge in [0.05, 0.1) is 11.4 Å². The molecule has 7 heteroatoms. The minimum absolute atomic E-state index is 0.349. The van der Waals surface area contributed by atoms with Gasteiger partial charge in [0, 0.05) is 30.6 Å². The molecule has 1 atom stereocenters. The number of thioether (sulfide) groups is 1. The van der Waals surface area contributed by atoms with E-state index in [1.54, 1.807) is 15.9 Å². The molecular formula is C18H25N3O2S2. The second-order valence-corrected chi connectivity index (χ2v) is 9.46. The van der Waals surface area contributed by atoms with E-state index in [4.69, 9.17) is 0 Å². The van der Waals surface area contributed by atoms with E-state index in [1.165, 1.54) is 5.56 Å². The van der Waals surface area contributed by atoms with Gasteiger partial charge in [0.2, 0.25) is 10.0 Å². The van der Waals surface area contributed by atoms with Crippen LogP contribution in [-0.4, -0.2) is 41.3 Å². The Bertz CT molecular complexity index is 832. The van der Waals surface area contributed by atoms with Crippen LogP contribution in [0.25, 0.3) is 0 Å². The highest BCUT2D eigenvalue weighted by atomic mass is 32.2. The van der Waals surface area contributed by atoms with Crippen molar-refractivity contribution >= 4 is 21.8 Å². The first kappa shape index (κ1) is 18.5. The Labute approximate surface area is 154 Å². The number of nitrogens with zero attached hydrogens (tertiary/aromatic N) is 3. The molecule has 0 saturated carbocycles. The zero-order valence-electron chi connectivity index (χ0n) is 15.0. The first-order chi connectivity index (χ1) is 11.9. The van der Waals surface area contributed by atoms with E-state index in [0.717, 1.165) is 17.9 Å². The number of benzene rings is 1. The summed E-state index contributed by atoms with van der Waals surface area (Å²) in [4.78, 5) is 0.387. The van der Waals surface area contributed by atoms with E-state index in [-0.39, 0.29) is 0 Å². The maximum Gasteiger partial charge on any atom is 0.246 e. The molecular weight excluding hydrogens is 354 g/mol. The van der Waals surface area contributed by atoms with Crippen LogP contribution in [0.5, 0.6) is 0 Å². The highest BCUT2D eigenvalue weighted by Gasteiger charge is 2.32. The number of hydrogen-bond donors (Lipinski definition) is 0. The highest BCUT2D eigenvalue weighted by Crippen LogP contribution is 2.36. The number of aromatic nitrogens is 2. The summed E-state index contributed by atoms with van der Waals surface area (Å²) in [6.45, 7) is 7.37. The zero-order valence-corrected chi connectivity index (χ0v) is 16.6. The van der Waals surface area contributed by atoms with Crippen molar-refractivity contribution < 1.29 is 8.42 Å². The zero-order chi connectivity index (χ0) is 18.0. The van der Waals surface area contributed by atoms with E-state index < -0.39 is 10.0 Å². The lowest BCUT2D eigenvalue weighted by atomic mass is 10.1. The van der Waals surface area contributed by atoms with Crippen LogP contribution in [0.3, 0.4) is 0 Å². The van der Waals surface area contributed by atoms with E-state index in [0.29, 0.717) is 35.5 Å². The molecule has 2 heterocycles. The van der Waals surface area contributed by atoms with Crippen LogP contribution in [0.2, 0.25) is 0 Å². The average molecular weight is 380 g/mol. The summed E-state index contributed by atoms with van der Waals surface area (Å²) < 4.78 is 29.8. The van der Waals surface area contributed by atoms with Gasteiger partial charge in [0.15, 0.2) is 0 Å². The second-order valence-electron chi connectivity index (χ2n) is 6.28. The summed E-state index contributed by atoms with van der Waals surface area (Å²) >= 11 is 1.84. The van der Waals surface area contributed by atoms with Crippen molar-refractivity contribution in [3.63, 3.8) is 0 Å². The van der Waals surface area contributed by atoms with Crippen LogP contribution < -0.4 is 0 Å². The molecule has 3 rings (SSSR count). The molecule has 0 aliphatic carbocycles. The minimum Gasteiger partial charge on any atom is -0.268 e. The molecule has 0 N–H and O–H groups in total. The fraction of sp³-hybridized carbons (Fsp3) is 0.500. The molecule has 2 aromatic rings. The third kappa shape index (κ3) is 3.64. The van der Waals surface area contributed by atoms with Gasteiger partial charge in [0.1, 0.15) is 4.90 Å². The number of aryl methyl sites for hydroxylation is 2. The third-order valence-corrected chi connectivity index (χ3v) is 8.16. The lowest BCUT2D eigenvalue weighted by Gasteiger charge is -2.20. The van der Waals surface area contributed by atoms with Crippen LogP contribution in [0.15, 0.2) is 35.2 Å². The molecule has 0 amide bonds. The third-order valence-electron chi connectivity index (χ3n) is 4.68. The standard InChI is InChI=1S/C18H25N3O2S2/c1-4-21-15(3)18(14(2)19-21)25(22,23)20-11-10-17(24-13-12-20)16-8-6-5-7-9-16/h5-9,17H,4,10-13H2,1-3H3. The van der Waals surface area contributed by atoms with E-state index in [1.807, 2.05) is 43.8 Å². The first-order valence-electron chi connectivity index (χ1n) is 8.66. The smallest absolute Gasteiger partial charge is 0.246 e. The maximum absolute atomic E-state index is 13.2. The topological polar surface area (TPSA) is 55.2 Å². The van der Waals surface area contributed by atoms with E-state index >= 15 is 0 Å². The Hall–Kier alpha value is -1.31. The number of hydrogen-bond acceptors (Lipinski definition) is 4. The van der Waals surface area contributed by atoms with Crippen LogP contribution in [-0.2, 0) is 16.6 Å². The monoisotopic (exact) mass is 379 g/mol. The highest BCUT2D eigenvalue weighted by molar-refractivity contribution is 7.99. The Morgan fingerprint density at radius 1 is 1.20 bits per heavy atom. The van der Waals surface area contributed by atoms with E-state index in [2.05, 4.69) is 17.2 Å². The van der Waals surface area contributed by atoms with Crippen molar-refractivity contribution in [1.82, 2.24) is 14.1 Å². The fourth-order valence-electron chi connectivity index (χ4n) is 3.41. The van der Waals surface area contributed by atoms with Gasteiger partial charge >= 0.3 is 0 Å². The summed E-state index contributed by atoms with van der Waals surface area (Å²) in [6.07, 6.45) is 0.827. The SMILES string of the molecule is CCn1nc(C)c(S(=O)(=O)N2CCSC(c3ccccc3)CC2)c1C. The van der Waals surface area contributed by atoms with Gasteiger partial charge in [-0.1, -0.05) is 30.3 Å². The van der Waals surface area contributed by atoms with Gasteiger partial charge in [-0.25, -0.2) is 8.42 Å². The van der Waals surface area contributed by atoms with Gasteiger partial charge in [-0.05, 0) is 32.8 Å². The lowest BCUT2D eigenvalue weighted by Crippen LogP contribution is -2.33. The van der Waals surface area contributed by atoms with Gasteiger partial charge in [-0.3, -0.25) is 4.68 Å². The summed E-state index contributed by atoms with van der Waals surface area (Å²) in [5.74, 6) is 0.804. The van der Waals surface area contributed by atoms with Crippen molar-refractivity contribution in [3.05, 3.63) is 47.3 Å². The van der Waals surface area contributed by atoms with Gasteiger partial charge in [-0.15, -0.1) is 0 Å². The normalized spacial score (nSPS) is 19.7. The summed E-state index contributed by atoms with van der Waals surface area (Å²) in [5.41, 5.74) is 2.60. The molecule has 5 nitrogen and oxygen atoms in total.